The first-order chi connectivity index (χ1) is 8.65. The Morgan fingerprint density at radius 3 is 2.72 bits per heavy atom. The van der Waals surface area contributed by atoms with E-state index in [0.29, 0.717) is 0 Å². The number of fused-ring (bicyclic) bond motifs is 3. The van der Waals surface area contributed by atoms with Crippen LogP contribution >= 0.6 is 0 Å². The summed E-state index contributed by atoms with van der Waals surface area (Å²) in [6, 6.07) is 5.14. The minimum atomic E-state index is 0.750. The highest BCUT2D eigenvalue weighted by molar-refractivity contribution is 5.47. The lowest BCUT2D eigenvalue weighted by atomic mass is 9.68. The lowest BCUT2D eigenvalue weighted by molar-refractivity contribution is 0.133. The summed E-state index contributed by atoms with van der Waals surface area (Å²) in [5.74, 6) is 2.58. The van der Waals surface area contributed by atoms with Gasteiger partial charge in [0.2, 0.25) is 0 Å². The second-order valence-electron chi connectivity index (χ2n) is 6.46. The SMILES string of the molecule is Cc1ccc(N2CC3CCC2C(C(C)C)C3)cn1. The van der Waals surface area contributed by atoms with Gasteiger partial charge in [0, 0.05) is 18.3 Å². The summed E-state index contributed by atoms with van der Waals surface area (Å²) >= 11 is 0. The molecule has 3 unspecified atom stereocenters. The number of aryl methyl sites for hydroxylation is 1. The van der Waals surface area contributed by atoms with Crippen LogP contribution in [-0.4, -0.2) is 17.6 Å². The van der Waals surface area contributed by atoms with Gasteiger partial charge in [0.15, 0.2) is 0 Å². The first-order valence-electron chi connectivity index (χ1n) is 7.34. The third-order valence-electron chi connectivity index (χ3n) is 4.91. The van der Waals surface area contributed by atoms with Crippen molar-refractivity contribution in [2.45, 2.75) is 46.1 Å². The zero-order valence-electron chi connectivity index (χ0n) is 11.8. The van der Waals surface area contributed by atoms with Crippen molar-refractivity contribution in [3.8, 4) is 0 Å². The summed E-state index contributed by atoms with van der Waals surface area (Å²) in [5, 5.41) is 0. The van der Waals surface area contributed by atoms with Crippen LogP contribution < -0.4 is 4.90 Å². The molecule has 18 heavy (non-hydrogen) atoms. The zero-order valence-corrected chi connectivity index (χ0v) is 11.8. The van der Waals surface area contributed by atoms with E-state index in [2.05, 4.69) is 49.0 Å². The van der Waals surface area contributed by atoms with E-state index in [1.165, 1.54) is 31.5 Å². The Balaban J connectivity index is 1.86. The molecule has 98 valence electrons. The maximum atomic E-state index is 4.47. The van der Waals surface area contributed by atoms with Gasteiger partial charge >= 0.3 is 0 Å². The van der Waals surface area contributed by atoms with E-state index < -0.39 is 0 Å². The van der Waals surface area contributed by atoms with Crippen LogP contribution in [0.3, 0.4) is 0 Å². The predicted molar refractivity (Wildman–Crippen MR) is 75.8 cm³/mol. The highest BCUT2D eigenvalue weighted by Crippen LogP contribution is 2.43. The molecule has 2 saturated heterocycles. The van der Waals surface area contributed by atoms with Crippen molar-refractivity contribution in [1.29, 1.82) is 0 Å². The molecule has 1 saturated carbocycles. The molecule has 3 fully saturated rings. The zero-order chi connectivity index (χ0) is 12.7. The van der Waals surface area contributed by atoms with Gasteiger partial charge in [0.25, 0.3) is 0 Å². The van der Waals surface area contributed by atoms with E-state index in [0.717, 1.165) is 29.5 Å². The molecule has 2 nitrogen and oxygen atoms in total. The summed E-state index contributed by atoms with van der Waals surface area (Å²) in [5.41, 5.74) is 2.45. The van der Waals surface area contributed by atoms with E-state index >= 15 is 0 Å². The van der Waals surface area contributed by atoms with Crippen molar-refractivity contribution >= 4 is 5.69 Å². The summed E-state index contributed by atoms with van der Waals surface area (Å²) in [6.45, 7) is 8.08. The van der Waals surface area contributed by atoms with Gasteiger partial charge in [0.1, 0.15) is 0 Å². The summed E-state index contributed by atoms with van der Waals surface area (Å²) in [6.07, 6.45) is 6.32. The maximum absolute atomic E-state index is 4.47. The standard InChI is InChI=1S/C16H24N2/c1-11(2)15-8-13-5-7-16(15)18(10-13)14-6-4-12(3)17-9-14/h4,6,9,11,13,15-16H,5,7-8,10H2,1-3H3. The topological polar surface area (TPSA) is 16.1 Å². The van der Waals surface area contributed by atoms with Crippen molar-refractivity contribution in [2.24, 2.45) is 17.8 Å². The fourth-order valence-corrected chi connectivity index (χ4v) is 3.89. The van der Waals surface area contributed by atoms with Gasteiger partial charge in [-0.1, -0.05) is 13.8 Å². The average molecular weight is 244 g/mol. The fraction of sp³-hybridized carbons (Fsp3) is 0.688. The van der Waals surface area contributed by atoms with Crippen molar-refractivity contribution in [1.82, 2.24) is 4.98 Å². The van der Waals surface area contributed by atoms with E-state index in [4.69, 9.17) is 0 Å². The molecule has 2 aliphatic heterocycles. The molecule has 1 aliphatic carbocycles. The molecular weight excluding hydrogens is 220 g/mol. The third-order valence-corrected chi connectivity index (χ3v) is 4.91. The lowest BCUT2D eigenvalue weighted by Crippen LogP contribution is -2.54. The van der Waals surface area contributed by atoms with E-state index in [-0.39, 0.29) is 0 Å². The first kappa shape index (κ1) is 12.0. The molecule has 0 aromatic carbocycles. The molecule has 3 heterocycles. The smallest absolute Gasteiger partial charge is 0.0555 e. The van der Waals surface area contributed by atoms with Gasteiger partial charge < -0.3 is 4.90 Å². The normalized spacial score (nSPS) is 31.1. The lowest BCUT2D eigenvalue weighted by Gasteiger charge is -2.52. The Labute approximate surface area is 110 Å². The second kappa shape index (κ2) is 4.56. The Bertz CT molecular complexity index is 410. The summed E-state index contributed by atoms with van der Waals surface area (Å²) in [7, 11) is 0. The Kier molecular flexibility index (Phi) is 3.04. The van der Waals surface area contributed by atoms with Crippen LogP contribution in [0.5, 0.6) is 0 Å². The van der Waals surface area contributed by atoms with Gasteiger partial charge in [-0.15, -0.1) is 0 Å². The van der Waals surface area contributed by atoms with Crippen molar-refractivity contribution in [3.63, 3.8) is 0 Å². The molecule has 4 rings (SSSR count). The summed E-state index contributed by atoms with van der Waals surface area (Å²) < 4.78 is 0. The van der Waals surface area contributed by atoms with E-state index in [9.17, 15) is 0 Å². The number of anilines is 1. The molecule has 1 aromatic heterocycles. The Morgan fingerprint density at radius 1 is 1.28 bits per heavy atom. The van der Waals surface area contributed by atoms with Gasteiger partial charge in [-0.25, -0.2) is 0 Å². The largest absolute Gasteiger partial charge is 0.367 e. The van der Waals surface area contributed by atoms with Crippen LogP contribution in [0.4, 0.5) is 5.69 Å². The van der Waals surface area contributed by atoms with Crippen molar-refractivity contribution in [3.05, 3.63) is 24.0 Å². The number of hydrogen-bond acceptors (Lipinski definition) is 2. The summed E-state index contributed by atoms with van der Waals surface area (Å²) in [4.78, 5) is 7.10. The number of rotatable bonds is 2. The number of nitrogens with zero attached hydrogens (tertiary/aromatic N) is 2. The third kappa shape index (κ3) is 2.02. The van der Waals surface area contributed by atoms with Crippen LogP contribution in [0.2, 0.25) is 0 Å². The van der Waals surface area contributed by atoms with Gasteiger partial charge in [-0.05, 0) is 56.1 Å². The number of aromatic nitrogens is 1. The van der Waals surface area contributed by atoms with Crippen molar-refractivity contribution < 1.29 is 0 Å². The van der Waals surface area contributed by atoms with E-state index in [1.54, 1.807) is 0 Å². The monoisotopic (exact) mass is 244 g/mol. The number of piperidine rings is 2. The quantitative estimate of drug-likeness (QED) is 0.789. The first-order valence-corrected chi connectivity index (χ1v) is 7.34. The van der Waals surface area contributed by atoms with Crippen LogP contribution in [0.15, 0.2) is 18.3 Å². The minimum absolute atomic E-state index is 0.750. The van der Waals surface area contributed by atoms with Crippen molar-refractivity contribution in [2.75, 3.05) is 11.4 Å². The Hall–Kier alpha value is -1.05. The van der Waals surface area contributed by atoms with Gasteiger partial charge in [-0.2, -0.15) is 0 Å². The molecule has 0 radical (unpaired) electrons. The average Bonchev–Trinajstić information content (AvgIpc) is 2.40. The number of hydrogen-bond donors (Lipinski definition) is 0. The van der Waals surface area contributed by atoms with E-state index in [1.807, 2.05) is 0 Å². The molecule has 3 atom stereocenters. The number of pyridine rings is 1. The second-order valence-corrected chi connectivity index (χ2v) is 6.46. The predicted octanol–water partition coefficient (Wildman–Crippen LogP) is 3.65. The molecule has 2 bridgehead atoms. The van der Waals surface area contributed by atoms with Crippen LogP contribution in [0.1, 0.15) is 38.8 Å². The highest BCUT2D eigenvalue weighted by Gasteiger charge is 2.41. The molecule has 0 N–H and O–H groups in total. The Morgan fingerprint density at radius 2 is 2.11 bits per heavy atom. The van der Waals surface area contributed by atoms with Gasteiger partial charge in [0.05, 0.1) is 11.9 Å². The highest BCUT2D eigenvalue weighted by atomic mass is 15.2. The van der Waals surface area contributed by atoms with Crippen LogP contribution in [0.25, 0.3) is 0 Å². The molecule has 0 spiro atoms. The molecule has 1 aromatic rings. The molecular formula is C16H24N2. The van der Waals surface area contributed by atoms with Crippen LogP contribution in [0, 0.1) is 24.7 Å². The molecule has 0 amide bonds. The fourth-order valence-electron chi connectivity index (χ4n) is 3.89. The van der Waals surface area contributed by atoms with Gasteiger partial charge in [-0.3, -0.25) is 4.98 Å². The molecule has 2 heteroatoms. The van der Waals surface area contributed by atoms with Crippen LogP contribution in [-0.2, 0) is 0 Å². The minimum Gasteiger partial charge on any atom is -0.367 e. The maximum Gasteiger partial charge on any atom is 0.0555 e. The molecule has 3 aliphatic rings.